The van der Waals surface area contributed by atoms with E-state index in [1.807, 2.05) is 11.0 Å². The molecule has 1 saturated heterocycles. The predicted molar refractivity (Wildman–Crippen MR) is 105 cm³/mol. The van der Waals surface area contributed by atoms with Crippen LogP contribution in [0.15, 0.2) is 54.6 Å². The van der Waals surface area contributed by atoms with Crippen molar-refractivity contribution in [2.45, 2.75) is 44.3 Å². The summed E-state index contributed by atoms with van der Waals surface area (Å²) in [6.07, 6.45) is 4.11. The highest BCUT2D eigenvalue weighted by Crippen LogP contribution is 2.32. The Morgan fingerprint density at radius 2 is 1.70 bits per heavy atom. The highest BCUT2D eigenvalue weighted by Gasteiger charge is 2.38. The molecule has 1 aliphatic heterocycles. The van der Waals surface area contributed by atoms with Gasteiger partial charge in [-0.25, -0.2) is 9.18 Å². The van der Waals surface area contributed by atoms with Gasteiger partial charge in [0.2, 0.25) is 0 Å². The van der Waals surface area contributed by atoms with Crippen molar-refractivity contribution in [3.63, 3.8) is 0 Å². The third-order valence-electron chi connectivity index (χ3n) is 5.45. The van der Waals surface area contributed by atoms with E-state index in [4.69, 9.17) is 0 Å². The maximum absolute atomic E-state index is 13.4. The van der Waals surface area contributed by atoms with E-state index >= 15 is 0 Å². The molecule has 0 aromatic heterocycles. The third-order valence-corrected chi connectivity index (χ3v) is 5.45. The van der Waals surface area contributed by atoms with Crippen molar-refractivity contribution in [3.8, 4) is 0 Å². The van der Waals surface area contributed by atoms with Crippen molar-refractivity contribution in [3.05, 3.63) is 66.0 Å². The average Bonchev–Trinajstić information content (AvgIpc) is 3.49. The summed E-state index contributed by atoms with van der Waals surface area (Å²) in [6.45, 7) is 2.96. The Balaban J connectivity index is 1.35. The van der Waals surface area contributed by atoms with E-state index in [0.29, 0.717) is 11.7 Å². The van der Waals surface area contributed by atoms with Gasteiger partial charge in [0.05, 0.1) is 0 Å². The number of hydrogen-bond donors (Lipinski definition) is 1. The fourth-order valence-corrected chi connectivity index (χ4v) is 3.93. The number of piperidine rings is 1. The van der Waals surface area contributed by atoms with Crippen LogP contribution in [0.1, 0.15) is 31.2 Å². The highest BCUT2D eigenvalue weighted by molar-refractivity contribution is 5.90. The Bertz CT molecular complexity index is 770. The molecule has 4 rings (SSSR count). The minimum absolute atomic E-state index is 0.0930. The number of hydrogen-bond acceptors (Lipinski definition) is 2. The molecule has 142 valence electrons. The monoisotopic (exact) mass is 367 g/mol. The van der Waals surface area contributed by atoms with E-state index in [0.717, 1.165) is 45.3 Å². The van der Waals surface area contributed by atoms with Crippen molar-refractivity contribution in [1.82, 2.24) is 9.80 Å². The number of nitrogens with one attached hydrogen (secondary N) is 1. The predicted octanol–water partition coefficient (Wildman–Crippen LogP) is 4.49. The Hall–Kier alpha value is -2.40. The summed E-state index contributed by atoms with van der Waals surface area (Å²) in [4.78, 5) is 17.3. The quantitative estimate of drug-likeness (QED) is 0.845. The van der Waals surface area contributed by atoms with Crippen molar-refractivity contribution in [2.75, 3.05) is 18.4 Å². The van der Waals surface area contributed by atoms with Gasteiger partial charge in [-0.1, -0.05) is 36.4 Å². The molecule has 1 N–H and O–H groups in total. The molecule has 0 bridgehead atoms. The summed E-state index contributed by atoms with van der Waals surface area (Å²) >= 11 is 0. The number of carbonyl (C=O) groups excluding carboxylic acids is 1. The van der Waals surface area contributed by atoms with Gasteiger partial charge >= 0.3 is 6.03 Å². The van der Waals surface area contributed by atoms with Gasteiger partial charge in [0.25, 0.3) is 0 Å². The maximum atomic E-state index is 13.4. The SMILES string of the molecule is O=C(Nc1cccc(F)c1)N(C1CC1)C1CCN(Cc2ccccc2)CC1. The molecule has 1 aliphatic carbocycles. The molecule has 5 heteroatoms. The second kappa shape index (κ2) is 8.09. The highest BCUT2D eigenvalue weighted by atomic mass is 19.1. The fourth-order valence-electron chi connectivity index (χ4n) is 3.93. The molecular formula is C22H26FN3O. The standard InChI is InChI=1S/C22H26FN3O/c23-18-7-4-8-19(15-18)24-22(27)26(20-9-10-20)21-11-13-25(14-12-21)16-17-5-2-1-3-6-17/h1-8,15,20-21H,9-14,16H2,(H,24,27). The first-order valence-electron chi connectivity index (χ1n) is 9.80. The summed E-state index contributed by atoms with van der Waals surface area (Å²) in [5, 5.41) is 2.89. The Labute approximate surface area is 160 Å². The maximum Gasteiger partial charge on any atom is 0.322 e. The summed E-state index contributed by atoms with van der Waals surface area (Å²) in [6, 6.07) is 17.1. The lowest BCUT2D eigenvalue weighted by atomic mass is 10.0. The number of rotatable bonds is 5. The summed E-state index contributed by atoms with van der Waals surface area (Å²) in [7, 11) is 0. The zero-order valence-corrected chi connectivity index (χ0v) is 15.5. The van der Waals surface area contributed by atoms with Gasteiger partial charge in [0, 0.05) is 37.4 Å². The number of likely N-dealkylation sites (tertiary alicyclic amines) is 1. The van der Waals surface area contributed by atoms with Crippen molar-refractivity contribution >= 4 is 11.7 Å². The fraction of sp³-hybridized carbons (Fsp3) is 0.409. The number of amides is 2. The first-order chi connectivity index (χ1) is 13.2. The lowest BCUT2D eigenvalue weighted by Gasteiger charge is -2.38. The van der Waals surface area contributed by atoms with Crippen LogP contribution in [0.25, 0.3) is 0 Å². The molecule has 4 nitrogen and oxygen atoms in total. The van der Waals surface area contributed by atoms with Gasteiger partial charge in [-0.2, -0.15) is 0 Å². The topological polar surface area (TPSA) is 35.6 Å². The molecule has 2 aliphatic rings. The number of anilines is 1. The number of benzene rings is 2. The summed E-state index contributed by atoms with van der Waals surface area (Å²) < 4.78 is 13.4. The van der Waals surface area contributed by atoms with E-state index in [9.17, 15) is 9.18 Å². The van der Waals surface area contributed by atoms with Gasteiger partial charge in [-0.15, -0.1) is 0 Å². The minimum Gasteiger partial charge on any atom is -0.318 e. The third kappa shape index (κ3) is 4.66. The van der Waals surface area contributed by atoms with Crippen LogP contribution in [0.4, 0.5) is 14.9 Å². The van der Waals surface area contributed by atoms with Gasteiger partial charge in [-0.3, -0.25) is 4.90 Å². The van der Waals surface area contributed by atoms with Crippen LogP contribution >= 0.6 is 0 Å². The normalized spacial score (nSPS) is 18.3. The van der Waals surface area contributed by atoms with Gasteiger partial charge in [-0.05, 0) is 49.4 Å². The van der Waals surface area contributed by atoms with Gasteiger partial charge in [0.15, 0.2) is 0 Å². The second-order valence-corrected chi connectivity index (χ2v) is 7.57. The number of nitrogens with zero attached hydrogens (tertiary/aromatic N) is 2. The van der Waals surface area contributed by atoms with Crippen LogP contribution in [0, 0.1) is 5.82 Å². The van der Waals surface area contributed by atoms with Crippen LogP contribution < -0.4 is 5.32 Å². The summed E-state index contributed by atoms with van der Waals surface area (Å²) in [5.41, 5.74) is 1.85. The van der Waals surface area contributed by atoms with E-state index < -0.39 is 0 Å². The Kier molecular flexibility index (Phi) is 5.39. The Morgan fingerprint density at radius 1 is 1.00 bits per heavy atom. The van der Waals surface area contributed by atoms with Crippen LogP contribution in [-0.2, 0) is 6.54 Å². The second-order valence-electron chi connectivity index (χ2n) is 7.57. The molecule has 0 atom stereocenters. The first kappa shape index (κ1) is 18.0. The van der Waals surface area contributed by atoms with Crippen molar-refractivity contribution in [2.24, 2.45) is 0 Å². The molecule has 2 aromatic carbocycles. The average molecular weight is 367 g/mol. The van der Waals surface area contributed by atoms with Crippen molar-refractivity contribution < 1.29 is 9.18 Å². The van der Waals surface area contributed by atoms with Crippen molar-refractivity contribution in [1.29, 1.82) is 0 Å². The first-order valence-corrected chi connectivity index (χ1v) is 9.80. The molecule has 27 heavy (non-hydrogen) atoms. The lowest BCUT2D eigenvalue weighted by Crippen LogP contribution is -2.49. The molecule has 2 fully saturated rings. The molecule has 0 radical (unpaired) electrons. The molecule has 0 unspecified atom stereocenters. The van der Waals surface area contributed by atoms with Crippen LogP contribution in [0.2, 0.25) is 0 Å². The van der Waals surface area contributed by atoms with E-state index in [1.165, 1.54) is 17.7 Å². The summed E-state index contributed by atoms with van der Waals surface area (Å²) in [5.74, 6) is -0.333. The molecule has 1 saturated carbocycles. The number of urea groups is 1. The number of carbonyl (C=O) groups is 1. The largest absolute Gasteiger partial charge is 0.322 e. The van der Waals surface area contributed by atoms with Crippen LogP contribution in [0.3, 0.4) is 0 Å². The molecule has 0 spiro atoms. The molecule has 1 heterocycles. The minimum atomic E-state index is -0.333. The van der Waals surface area contributed by atoms with Gasteiger partial charge in [0.1, 0.15) is 5.82 Å². The molecule has 2 aromatic rings. The Morgan fingerprint density at radius 3 is 2.37 bits per heavy atom. The van der Waals surface area contributed by atoms with E-state index in [1.54, 1.807) is 12.1 Å². The van der Waals surface area contributed by atoms with Crippen LogP contribution in [0.5, 0.6) is 0 Å². The number of halogens is 1. The van der Waals surface area contributed by atoms with Crippen LogP contribution in [-0.4, -0.2) is 41.0 Å². The molecular weight excluding hydrogens is 341 g/mol. The zero-order valence-electron chi connectivity index (χ0n) is 15.5. The lowest BCUT2D eigenvalue weighted by molar-refractivity contribution is 0.119. The van der Waals surface area contributed by atoms with E-state index in [-0.39, 0.29) is 17.9 Å². The molecule has 2 amide bonds. The van der Waals surface area contributed by atoms with Gasteiger partial charge < -0.3 is 10.2 Å². The smallest absolute Gasteiger partial charge is 0.318 e. The van der Waals surface area contributed by atoms with E-state index in [2.05, 4.69) is 34.5 Å². The zero-order chi connectivity index (χ0) is 18.6.